The quantitative estimate of drug-likeness (QED) is 0.457. The molecule has 2 heterocycles. The Balaban J connectivity index is 1.88. The van der Waals surface area contributed by atoms with Crippen LogP contribution in [0.3, 0.4) is 0 Å². The first-order chi connectivity index (χ1) is 15.2. The van der Waals surface area contributed by atoms with Crippen molar-refractivity contribution in [2.24, 2.45) is 5.73 Å². The van der Waals surface area contributed by atoms with E-state index in [0.29, 0.717) is 28.1 Å². The molecule has 3 aromatic rings. The van der Waals surface area contributed by atoms with Crippen molar-refractivity contribution >= 4 is 29.1 Å². The first-order valence-electron chi connectivity index (χ1n) is 9.97. The minimum absolute atomic E-state index is 0.0729. The van der Waals surface area contributed by atoms with Crippen molar-refractivity contribution in [3.63, 3.8) is 0 Å². The van der Waals surface area contributed by atoms with Gasteiger partial charge < -0.3 is 21.4 Å². The second-order valence-corrected chi connectivity index (χ2v) is 7.75. The Bertz CT molecular complexity index is 1210. The molecule has 0 saturated heterocycles. The molecule has 2 aromatic heterocycles. The lowest BCUT2D eigenvalue weighted by molar-refractivity contribution is -0.125. The monoisotopic (exact) mass is 430 g/mol. The Morgan fingerprint density at radius 2 is 1.81 bits per heavy atom. The van der Waals surface area contributed by atoms with Crippen LogP contribution in [-0.2, 0) is 10.2 Å². The Labute approximate surface area is 186 Å². The van der Waals surface area contributed by atoms with Crippen molar-refractivity contribution in [3.05, 3.63) is 94.4 Å². The van der Waals surface area contributed by atoms with Crippen LogP contribution >= 0.6 is 0 Å². The van der Waals surface area contributed by atoms with Gasteiger partial charge in [-0.05, 0) is 49.2 Å². The summed E-state index contributed by atoms with van der Waals surface area (Å²) in [7, 11) is 1.62. The average molecular weight is 431 g/mol. The first-order valence-corrected chi connectivity index (χ1v) is 9.97. The Morgan fingerprint density at radius 3 is 2.44 bits per heavy atom. The van der Waals surface area contributed by atoms with Crippen LogP contribution in [-0.4, -0.2) is 27.9 Å². The maximum Gasteiger partial charge on any atom is 0.257 e. The number of anilines is 1. The number of aromatic amines is 1. The number of nitrogens with one attached hydrogen (secondary N) is 3. The molecule has 0 bridgehead atoms. The molecule has 0 aliphatic heterocycles. The lowest BCUT2D eigenvalue weighted by Gasteiger charge is -2.23. The summed E-state index contributed by atoms with van der Waals surface area (Å²) in [5.74, 6) is -0.0729. The van der Waals surface area contributed by atoms with Crippen LogP contribution in [0.5, 0.6) is 0 Å². The second kappa shape index (κ2) is 9.30. The highest BCUT2D eigenvalue weighted by Crippen LogP contribution is 2.26. The van der Waals surface area contributed by atoms with Crippen molar-refractivity contribution in [3.8, 4) is 0 Å². The highest BCUT2D eigenvalue weighted by Gasteiger charge is 2.28. The largest absolute Gasteiger partial charge is 0.398 e. The number of likely N-dealkylation sites (N-methyl/N-ethyl adjacent to an activating group) is 1. The Hall–Kier alpha value is -4.20. The number of hydrogen-bond acceptors (Lipinski definition) is 6. The van der Waals surface area contributed by atoms with Crippen molar-refractivity contribution in [2.75, 3.05) is 12.4 Å². The van der Waals surface area contributed by atoms with Gasteiger partial charge in [0.1, 0.15) is 6.33 Å². The molecule has 8 nitrogen and oxygen atoms in total. The van der Waals surface area contributed by atoms with Crippen molar-refractivity contribution in [1.82, 2.24) is 20.3 Å². The van der Waals surface area contributed by atoms with E-state index in [9.17, 15) is 9.59 Å². The summed E-state index contributed by atoms with van der Waals surface area (Å²) in [4.78, 5) is 35.3. The van der Waals surface area contributed by atoms with E-state index >= 15 is 0 Å². The van der Waals surface area contributed by atoms with Crippen LogP contribution in [0.1, 0.15) is 36.1 Å². The van der Waals surface area contributed by atoms with E-state index in [1.807, 2.05) is 38.1 Å². The van der Waals surface area contributed by atoms with Crippen LogP contribution in [0.15, 0.2) is 66.6 Å². The molecule has 0 radical (unpaired) electrons. The summed E-state index contributed by atoms with van der Waals surface area (Å²) < 4.78 is 0. The number of hydrogen-bond donors (Lipinski definition) is 4. The van der Waals surface area contributed by atoms with E-state index in [1.54, 1.807) is 37.8 Å². The van der Waals surface area contributed by atoms with E-state index in [2.05, 4.69) is 32.2 Å². The average Bonchev–Trinajstić information content (AvgIpc) is 2.79. The van der Waals surface area contributed by atoms with Gasteiger partial charge in [0.15, 0.2) is 0 Å². The summed E-state index contributed by atoms with van der Waals surface area (Å²) in [5.41, 5.74) is 9.25. The number of nitrogens with zero attached hydrogens (tertiary/aromatic N) is 2. The molecule has 32 heavy (non-hydrogen) atoms. The number of pyridine rings is 1. The summed E-state index contributed by atoms with van der Waals surface area (Å²) in [6.07, 6.45) is 7.85. The van der Waals surface area contributed by atoms with Crippen LogP contribution in [0, 0.1) is 0 Å². The fourth-order valence-electron chi connectivity index (χ4n) is 3.27. The normalized spacial score (nSPS) is 11.7. The number of benzene rings is 1. The topological polar surface area (TPSA) is 126 Å². The maximum atomic E-state index is 12.6. The zero-order valence-corrected chi connectivity index (χ0v) is 18.3. The molecule has 0 saturated carbocycles. The number of rotatable bonds is 7. The highest BCUT2D eigenvalue weighted by atomic mass is 16.2. The van der Waals surface area contributed by atoms with Crippen LogP contribution in [0.2, 0.25) is 0 Å². The molecule has 0 aliphatic rings. The highest BCUT2D eigenvalue weighted by molar-refractivity contribution is 5.88. The second-order valence-electron chi connectivity index (χ2n) is 7.75. The van der Waals surface area contributed by atoms with Gasteiger partial charge in [-0.1, -0.05) is 18.7 Å². The molecule has 1 aromatic carbocycles. The van der Waals surface area contributed by atoms with Crippen molar-refractivity contribution < 1.29 is 4.79 Å². The van der Waals surface area contributed by atoms with Gasteiger partial charge in [-0.25, -0.2) is 9.97 Å². The lowest BCUT2D eigenvalue weighted by atomic mass is 9.83. The van der Waals surface area contributed by atoms with Crippen LogP contribution < -0.4 is 21.9 Å². The van der Waals surface area contributed by atoms with E-state index in [4.69, 9.17) is 5.73 Å². The standard InChI is InChI=1S/C24H26N6O2/c1-15(30-19-7-5-18(6-8-19)24(2,3)23(32)26-4)21-16(9-10-29-22(21)31)11-20(25)17-12-27-14-28-13-17/h5-14,30H,1,25H2,2-4H3,(H,26,32)(H,29,31)/b20-11-. The van der Waals surface area contributed by atoms with Gasteiger partial charge in [-0.2, -0.15) is 0 Å². The summed E-state index contributed by atoms with van der Waals surface area (Å²) >= 11 is 0. The SMILES string of the molecule is C=C(Nc1ccc(C(C)(C)C(=O)NC)cc1)c1c(/C=C(\N)c2cncnc2)cc[nH]c1=O. The molecule has 8 heteroatoms. The molecule has 5 N–H and O–H groups in total. The summed E-state index contributed by atoms with van der Waals surface area (Å²) in [6, 6.07) is 9.17. The maximum absolute atomic E-state index is 12.6. The molecule has 0 unspecified atom stereocenters. The third kappa shape index (κ3) is 4.75. The van der Waals surface area contributed by atoms with Gasteiger partial charge in [-0.3, -0.25) is 9.59 Å². The number of aromatic nitrogens is 3. The predicted molar refractivity (Wildman–Crippen MR) is 127 cm³/mol. The van der Waals surface area contributed by atoms with Crippen molar-refractivity contribution in [1.29, 1.82) is 0 Å². The van der Waals surface area contributed by atoms with E-state index in [0.717, 1.165) is 11.3 Å². The molecule has 1 amide bonds. The number of H-pyrrole nitrogens is 1. The molecular formula is C24H26N6O2. The zero-order chi connectivity index (χ0) is 23.3. The fourth-order valence-corrected chi connectivity index (χ4v) is 3.27. The fraction of sp³-hybridized carbons (Fsp3) is 0.167. The number of carbonyl (C=O) groups excluding carboxylic acids is 1. The van der Waals surface area contributed by atoms with Crippen LogP contribution in [0.25, 0.3) is 17.5 Å². The van der Waals surface area contributed by atoms with E-state index in [-0.39, 0.29) is 11.5 Å². The smallest absolute Gasteiger partial charge is 0.257 e. The summed E-state index contributed by atoms with van der Waals surface area (Å²) in [5, 5.41) is 5.85. The third-order valence-corrected chi connectivity index (χ3v) is 5.20. The molecule has 0 spiro atoms. The van der Waals surface area contributed by atoms with Gasteiger partial charge in [0.25, 0.3) is 5.56 Å². The lowest BCUT2D eigenvalue weighted by Crippen LogP contribution is -2.37. The minimum atomic E-state index is -0.669. The van der Waals surface area contributed by atoms with E-state index < -0.39 is 5.41 Å². The molecule has 0 fully saturated rings. The van der Waals surface area contributed by atoms with Crippen LogP contribution in [0.4, 0.5) is 5.69 Å². The van der Waals surface area contributed by atoms with Gasteiger partial charge in [0, 0.05) is 48.3 Å². The molecule has 164 valence electrons. The molecular weight excluding hydrogens is 404 g/mol. The minimum Gasteiger partial charge on any atom is -0.398 e. The van der Waals surface area contributed by atoms with Gasteiger partial charge in [0.05, 0.1) is 11.0 Å². The third-order valence-electron chi connectivity index (χ3n) is 5.20. The Morgan fingerprint density at radius 1 is 1.16 bits per heavy atom. The van der Waals surface area contributed by atoms with Gasteiger partial charge in [-0.15, -0.1) is 0 Å². The Kier molecular flexibility index (Phi) is 6.53. The number of carbonyl (C=O) groups is 1. The zero-order valence-electron chi connectivity index (χ0n) is 18.3. The van der Waals surface area contributed by atoms with Gasteiger partial charge >= 0.3 is 0 Å². The predicted octanol–water partition coefficient (Wildman–Crippen LogP) is 2.73. The molecule has 0 atom stereocenters. The van der Waals surface area contributed by atoms with Gasteiger partial charge in [0.2, 0.25) is 5.91 Å². The van der Waals surface area contributed by atoms with Crippen molar-refractivity contribution in [2.45, 2.75) is 19.3 Å². The number of nitrogens with two attached hydrogens (primary N) is 1. The van der Waals surface area contributed by atoms with E-state index in [1.165, 1.54) is 6.33 Å². The molecule has 0 aliphatic carbocycles. The molecule has 3 rings (SSSR count). The number of amides is 1. The first kappa shape index (κ1) is 22.5. The summed E-state index contributed by atoms with van der Waals surface area (Å²) in [6.45, 7) is 7.76.